The van der Waals surface area contributed by atoms with Gasteiger partial charge in [-0.05, 0) is 42.2 Å². The van der Waals surface area contributed by atoms with Crippen LogP contribution in [-0.2, 0) is 6.54 Å². The minimum Gasteiger partial charge on any atom is -0.381 e. The Kier molecular flexibility index (Phi) is 4.81. The van der Waals surface area contributed by atoms with Crippen LogP contribution in [0.1, 0.15) is 5.56 Å². The van der Waals surface area contributed by atoms with E-state index in [4.69, 9.17) is 23.2 Å². The van der Waals surface area contributed by atoms with Crippen LogP contribution in [-0.4, -0.2) is 6.26 Å². The number of rotatable bonds is 4. The summed E-state index contributed by atoms with van der Waals surface area (Å²) in [7, 11) is 0. The number of anilines is 1. The Labute approximate surface area is 121 Å². The summed E-state index contributed by atoms with van der Waals surface area (Å²) in [6.45, 7) is 0.688. The fourth-order valence-electron chi connectivity index (χ4n) is 1.60. The summed E-state index contributed by atoms with van der Waals surface area (Å²) >= 11 is 13.7. The van der Waals surface area contributed by atoms with E-state index in [1.165, 1.54) is 4.90 Å². The average molecular weight is 298 g/mol. The van der Waals surface area contributed by atoms with Crippen molar-refractivity contribution in [2.75, 3.05) is 11.6 Å². The lowest BCUT2D eigenvalue weighted by Crippen LogP contribution is -1.99. The van der Waals surface area contributed by atoms with E-state index in [1.54, 1.807) is 17.8 Å². The molecular weight excluding hydrogens is 285 g/mol. The molecule has 0 saturated carbocycles. The van der Waals surface area contributed by atoms with Crippen LogP contribution in [0.25, 0.3) is 0 Å². The first-order valence-corrected chi connectivity index (χ1v) is 7.49. The molecule has 0 heterocycles. The summed E-state index contributed by atoms with van der Waals surface area (Å²) < 4.78 is 0. The molecule has 18 heavy (non-hydrogen) atoms. The van der Waals surface area contributed by atoms with Crippen LogP contribution in [0.4, 0.5) is 5.69 Å². The Hall–Kier alpha value is -0.830. The molecule has 1 N–H and O–H groups in total. The molecule has 0 spiro atoms. The van der Waals surface area contributed by atoms with E-state index in [2.05, 4.69) is 23.7 Å². The molecule has 0 aromatic heterocycles. The van der Waals surface area contributed by atoms with Crippen molar-refractivity contribution in [2.45, 2.75) is 11.4 Å². The van der Waals surface area contributed by atoms with Crippen LogP contribution < -0.4 is 5.32 Å². The van der Waals surface area contributed by atoms with Gasteiger partial charge in [-0.25, -0.2) is 0 Å². The van der Waals surface area contributed by atoms with Gasteiger partial charge in [-0.3, -0.25) is 0 Å². The largest absolute Gasteiger partial charge is 0.381 e. The van der Waals surface area contributed by atoms with Gasteiger partial charge in [0.25, 0.3) is 0 Å². The summed E-state index contributed by atoms with van der Waals surface area (Å²) in [5.41, 5.74) is 2.13. The van der Waals surface area contributed by atoms with Crippen molar-refractivity contribution < 1.29 is 0 Å². The summed E-state index contributed by atoms with van der Waals surface area (Å²) in [5.74, 6) is 0. The first-order valence-electron chi connectivity index (χ1n) is 5.51. The molecule has 0 radical (unpaired) electrons. The van der Waals surface area contributed by atoms with Gasteiger partial charge in [-0.1, -0.05) is 35.3 Å². The molecule has 1 nitrogen and oxygen atoms in total. The van der Waals surface area contributed by atoms with Crippen molar-refractivity contribution in [3.63, 3.8) is 0 Å². The van der Waals surface area contributed by atoms with Gasteiger partial charge in [0.1, 0.15) is 0 Å². The second-order valence-corrected chi connectivity index (χ2v) is 5.54. The van der Waals surface area contributed by atoms with E-state index < -0.39 is 0 Å². The van der Waals surface area contributed by atoms with Gasteiger partial charge < -0.3 is 5.32 Å². The molecule has 0 atom stereocenters. The molecule has 2 rings (SSSR count). The molecule has 0 aliphatic rings. The molecule has 0 fully saturated rings. The smallest absolute Gasteiger partial charge is 0.0470 e. The van der Waals surface area contributed by atoms with Crippen LogP contribution in [0, 0.1) is 0 Å². The number of hydrogen-bond acceptors (Lipinski definition) is 2. The topological polar surface area (TPSA) is 12.0 Å². The molecule has 0 saturated heterocycles. The van der Waals surface area contributed by atoms with Gasteiger partial charge in [0.2, 0.25) is 0 Å². The number of hydrogen-bond donors (Lipinski definition) is 1. The van der Waals surface area contributed by atoms with Gasteiger partial charge in [-0.15, -0.1) is 11.8 Å². The first kappa shape index (κ1) is 13.6. The highest BCUT2D eigenvalue weighted by molar-refractivity contribution is 7.98. The van der Waals surface area contributed by atoms with Crippen molar-refractivity contribution in [3.8, 4) is 0 Å². The molecule has 0 unspecified atom stereocenters. The maximum absolute atomic E-state index is 6.13. The maximum atomic E-state index is 6.13. The minimum atomic E-state index is 0.660. The molecule has 0 bridgehead atoms. The first-order chi connectivity index (χ1) is 8.69. The van der Waals surface area contributed by atoms with Crippen molar-refractivity contribution in [3.05, 3.63) is 58.1 Å². The molecule has 0 aliphatic heterocycles. The molecule has 0 aliphatic carbocycles. The third-order valence-corrected chi connectivity index (χ3v) is 3.88. The van der Waals surface area contributed by atoms with Crippen LogP contribution in [0.15, 0.2) is 47.4 Å². The minimum absolute atomic E-state index is 0.660. The lowest BCUT2D eigenvalue weighted by molar-refractivity contribution is 1.14. The predicted octanol–water partition coefficient (Wildman–Crippen LogP) is 5.33. The van der Waals surface area contributed by atoms with E-state index in [0.29, 0.717) is 16.6 Å². The standard InChI is InChI=1S/C14H13Cl2NS/c1-18-13-4-2-3-12(8-13)17-9-10-5-6-11(15)7-14(10)16/h2-8,17H,9H2,1H3. The lowest BCUT2D eigenvalue weighted by atomic mass is 10.2. The zero-order valence-corrected chi connectivity index (χ0v) is 12.2. The number of thioether (sulfide) groups is 1. The van der Waals surface area contributed by atoms with Crippen molar-refractivity contribution >= 4 is 40.7 Å². The Balaban J connectivity index is 2.06. The monoisotopic (exact) mass is 297 g/mol. The highest BCUT2D eigenvalue weighted by atomic mass is 35.5. The Morgan fingerprint density at radius 1 is 1.11 bits per heavy atom. The second-order valence-electron chi connectivity index (χ2n) is 3.82. The van der Waals surface area contributed by atoms with Crippen molar-refractivity contribution in [2.24, 2.45) is 0 Å². The molecule has 2 aromatic rings. The molecule has 4 heteroatoms. The van der Waals surface area contributed by atoms with Crippen LogP contribution in [0.3, 0.4) is 0 Å². The number of benzene rings is 2. The van der Waals surface area contributed by atoms with Crippen molar-refractivity contribution in [1.29, 1.82) is 0 Å². The maximum Gasteiger partial charge on any atom is 0.0470 e. The molecule has 0 amide bonds. The van der Waals surface area contributed by atoms with Gasteiger partial charge in [0, 0.05) is 27.2 Å². The van der Waals surface area contributed by atoms with E-state index >= 15 is 0 Å². The molecule has 2 aromatic carbocycles. The van der Waals surface area contributed by atoms with Crippen LogP contribution in [0.5, 0.6) is 0 Å². The predicted molar refractivity (Wildman–Crippen MR) is 82.0 cm³/mol. The zero-order valence-electron chi connectivity index (χ0n) is 9.91. The van der Waals surface area contributed by atoms with E-state index in [0.717, 1.165) is 11.3 Å². The Bertz CT molecular complexity index is 543. The van der Waals surface area contributed by atoms with Crippen molar-refractivity contribution in [1.82, 2.24) is 0 Å². The second kappa shape index (κ2) is 6.37. The summed E-state index contributed by atoms with van der Waals surface area (Å²) in [5, 5.41) is 4.71. The summed E-state index contributed by atoms with van der Waals surface area (Å²) in [6.07, 6.45) is 2.06. The van der Waals surface area contributed by atoms with Crippen LogP contribution >= 0.6 is 35.0 Å². The fraction of sp³-hybridized carbons (Fsp3) is 0.143. The average Bonchev–Trinajstić information content (AvgIpc) is 2.38. The third kappa shape index (κ3) is 3.58. The number of halogens is 2. The SMILES string of the molecule is CSc1cccc(NCc2ccc(Cl)cc2Cl)c1. The Morgan fingerprint density at radius 3 is 2.67 bits per heavy atom. The lowest BCUT2D eigenvalue weighted by Gasteiger charge is -2.09. The Morgan fingerprint density at radius 2 is 1.94 bits per heavy atom. The van der Waals surface area contributed by atoms with Gasteiger partial charge in [-0.2, -0.15) is 0 Å². The van der Waals surface area contributed by atoms with Gasteiger partial charge >= 0.3 is 0 Å². The van der Waals surface area contributed by atoms with E-state index in [-0.39, 0.29) is 0 Å². The third-order valence-electron chi connectivity index (χ3n) is 2.57. The summed E-state index contributed by atoms with van der Waals surface area (Å²) in [6, 6.07) is 13.8. The summed E-state index contributed by atoms with van der Waals surface area (Å²) in [4.78, 5) is 1.24. The number of nitrogens with one attached hydrogen (secondary N) is 1. The quantitative estimate of drug-likeness (QED) is 0.766. The molecular formula is C14H13Cl2NS. The van der Waals surface area contributed by atoms with Gasteiger partial charge in [0.05, 0.1) is 0 Å². The zero-order chi connectivity index (χ0) is 13.0. The normalized spacial score (nSPS) is 10.4. The fourth-order valence-corrected chi connectivity index (χ4v) is 2.53. The van der Waals surface area contributed by atoms with Gasteiger partial charge in [0.15, 0.2) is 0 Å². The van der Waals surface area contributed by atoms with Crippen LogP contribution in [0.2, 0.25) is 10.0 Å². The van der Waals surface area contributed by atoms with E-state index in [9.17, 15) is 0 Å². The van der Waals surface area contributed by atoms with E-state index in [1.807, 2.05) is 24.3 Å². The molecule has 94 valence electrons. The highest BCUT2D eigenvalue weighted by Gasteiger charge is 2.01. The highest BCUT2D eigenvalue weighted by Crippen LogP contribution is 2.23.